The second kappa shape index (κ2) is 8.75. The standard InChI is InChI=1S/C16H16N2O4.C5H10/c1-9(2)14-13(7-10(3)17-16(14)20)15(19)11-5-4-6-12(8-11)18(21)22;1-2-5-3-4-5/h4-9H,1-3H3,(H,17,20);5H,2-4H2,1H3. The third-order valence-corrected chi connectivity index (χ3v) is 4.62. The Morgan fingerprint density at radius 2 is 1.96 bits per heavy atom. The number of carbonyl (C=O) groups excluding carboxylic acids is 1. The maximum absolute atomic E-state index is 12.7. The summed E-state index contributed by atoms with van der Waals surface area (Å²) in [5.74, 6) is 0.610. The number of non-ortho nitro benzene ring substituents is 1. The summed E-state index contributed by atoms with van der Waals surface area (Å²) in [6.07, 6.45) is 4.44. The van der Waals surface area contributed by atoms with E-state index in [1.54, 1.807) is 13.0 Å². The van der Waals surface area contributed by atoms with Gasteiger partial charge in [-0.05, 0) is 24.8 Å². The smallest absolute Gasteiger partial charge is 0.270 e. The Morgan fingerprint density at radius 3 is 2.44 bits per heavy atom. The minimum absolute atomic E-state index is 0.137. The molecule has 3 rings (SSSR count). The average Bonchev–Trinajstić information content (AvgIpc) is 3.45. The summed E-state index contributed by atoms with van der Waals surface area (Å²) in [5, 5.41) is 10.8. The van der Waals surface area contributed by atoms with Crippen LogP contribution in [0.3, 0.4) is 0 Å². The van der Waals surface area contributed by atoms with Gasteiger partial charge < -0.3 is 4.98 Å². The van der Waals surface area contributed by atoms with Crippen LogP contribution in [0.15, 0.2) is 35.1 Å². The van der Waals surface area contributed by atoms with Gasteiger partial charge in [0.2, 0.25) is 0 Å². The SMILES string of the molecule is CCC1CC1.Cc1cc(C(=O)c2cccc([N+](=O)[O-])c2)c(C(C)C)c(=O)[nH]1. The van der Waals surface area contributed by atoms with E-state index < -0.39 is 4.92 Å². The first-order valence-corrected chi connectivity index (χ1v) is 9.27. The number of nitro groups is 1. The zero-order valence-corrected chi connectivity index (χ0v) is 16.2. The predicted octanol–water partition coefficient (Wildman–Crippen LogP) is 4.75. The van der Waals surface area contributed by atoms with Crippen molar-refractivity contribution in [2.24, 2.45) is 5.92 Å². The number of aromatic nitrogens is 1. The van der Waals surface area contributed by atoms with Crippen molar-refractivity contribution in [3.8, 4) is 0 Å². The van der Waals surface area contributed by atoms with Crippen molar-refractivity contribution < 1.29 is 9.72 Å². The summed E-state index contributed by atoms with van der Waals surface area (Å²) in [5.41, 5.74) is 0.991. The van der Waals surface area contributed by atoms with Crippen LogP contribution in [0.4, 0.5) is 5.69 Å². The number of H-pyrrole nitrogens is 1. The maximum Gasteiger partial charge on any atom is 0.270 e. The number of aryl methyl sites for hydroxylation is 1. The number of hydrogen-bond acceptors (Lipinski definition) is 4. The molecule has 1 saturated carbocycles. The molecule has 0 amide bonds. The minimum atomic E-state index is -0.552. The zero-order valence-electron chi connectivity index (χ0n) is 16.2. The molecular formula is C21H26N2O4. The lowest BCUT2D eigenvalue weighted by atomic mass is 9.93. The molecule has 0 unspecified atom stereocenters. The van der Waals surface area contributed by atoms with Crippen LogP contribution in [0.2, 0.25) is 0 Å². The lowest BCUT2D eigenvalue weighted by molar-refractivity contribution is -0.384. The van der Waals surface area contributed by atoms with Crippen LogP contribution in [0.25, 0.3) is 0 Å². The van der Waals surface area contributed by atoms with E-state index in [2.05, 4.69) is 11.9 Å². The molecule has 2 aromatic rings. The fourth-order valence-corrected chi connectivity index (χ4v) is 2.90. The van der Waals surface area contributed by atoms with Gasteiger partial charge in [0.15, 0.2) is 5.78 Å². The van der Waals surface area contributed by atoms with Crippen molar-refractivity contribution in [2.75, 3.05) is 0 Å². The molecule has 0 bridgehead atoms. The normalized spacial score (nSPS) is 13.1. The molecule has 1 aliphatic rings. The van der Waals surface area contributed by atoms with Gasteiger partial charge in [0, 0.05) is 34.5 Å². The molecule has 0 radical (unpaired) electrons. The van der Waals surface area contributed by atoms with Crippen molar-refractivity contribution >= 4 is 11.5 Å². The van der Waals surface area contributed by atoms with Crippen LogP contribution in [0.5, 0.6) is 0 Å². The van der Waals surface area contributed by atoms with E-state index in [9.17, 15) is 19.7 Å². The summed E-state index contributed by atoms with van der Waals surface area (Å²) >= 11 is 0. The van der Waals surface area contributed by atoms with Crippen LogP contribution < -0.4 is 5.56 Å². The monoisotopic (exact) mass is 370 g/mol. The van der Waals surface area contributed by atoms with Crippen LogP contribution in [0.1, 0.15) is 73.1 Å². The highest BCUT2D eigenvalue weighted by molar-refractivity contribution is 6.10. The first kappa shape index (κ1) is 20.6. The first-order valence-electron chi connectivity index (χ1n) is 9.27. The quantitative estimate of drug-likeness (QED) is 0.467. The van der Waals surface area contributed by atoms with Crippen LogP contribution >= 0.6 is 0 Å². The van der Waals surface area contributed by atoms with Crippen molar-refractivity contribution in [3.63, 3.8) is 0 Å². The van der Waals surface area contributed by atoms with Crippen LogP contribution in [-0.2, 0) is 0 Å². The van der Waals surface area contributed by atoms with Gasteiger partial charge in [-0.25, -0.2) is 0 Å². The van der Waals surface area contributed by atoms with Gasteiger partial charge in [-0.1, -0.05) is 52.2 Å². The molecule has 0 aliphatic heterocycles. The van der Waals surface area contributed by atoms with Gasteiger partial charge in [-0.2, -0.15) is 0 Å². The van der Waals surface area contributed by atoms with Gasteiger partial charge in [0.05, 0.1) is 4.92 Å². The Labute approximate surface area is 158 Å². The number of nitro benzene ring substituents is 1. The van der Waals surface area contributed by atoms with Gasteiger partial charge in [-0.3, -0.25) is 19.7 Å². The largest absolute Gasteiger partial charge is 0.326 e. The highest BCUT2D eigenvalue weighted by Crippen LogP contribution is 2.31. The Balaban J connectivity index is 0.000000451. The third-order valence-electron chi connectivity index (χ3n) is 4.62. The summed E-state index contributed by atoms with van der Waals surface area (Å²) in [7, 11) is 0. The predicted molar refractivity (Wildman–Crippen MR) is 105 cm³/mol. The molecule has 1 N–H and O–H groups in total. The Kier molecular flexibility index (Phi) is 6.66. The molecular weight excluding hydrogens is 344 g/mol. The third kappa shape index (κ3) is 5.36. The Morgan fingerprint density at radius 1 is 1.30 bits per heavy atom. The van der Waals surface area contributed by atoms with E-state index in [4.69, 9.17) is 0 Å². The van der Waals surface area contributed by atoms with Crippen molar-refractivity contribution in [3.05, 3.63) is 73.2 Å². The molecule has 1 aromatic carbocycles. The number of rotatable bonds is 5. The Bertz CT molecular complexity index is 895. The lowest BCUT2D eigenvalue weighted by Gasteiger charge is -2.12. The second-order valence-corrected chi connectivity index (χ2v) is 7.25. The molecule has 1 fully saturated rings. The van der Waals surface area contributed by atoms with E-state index in [1.165, 1.54) is 43.5 Å². The molecule has 6 heteroatoms. The topological polar surface area (TPSA) is 93.1 Å². The van der Waals surface area contributed by atoms with Gasteiger partial charge in [0.25, 0.3) is 11.2 Å². The molecule has 1 aliphatic carbocycles. The number of pyridine rings is 1. The fourth-order valence-electron chi connectivity index (χ4n) is 2.90. The van der Waals surface area contributed by atoms with Crippen LogP contribution in [0, 0.1) is 23.0 Å². The number of benzene rings is 1. The number of ketones is 1. The van der Waals surface area contributed by atoms with Crippen LogP contribution in [-0.4, -0.2) is 15.7 Å². The van der Waals surface area contributed by atoms with Crippen molar-refractivity contribution in [2.45, 2.75) is 52.9 Å². The van der Waals surface area contributed by atoms with E-state index in [-0.39, 0.29) is 34.1 Å². The molecule has 1 heterocycles. The highest BCUT2D eigenvalue weighted by Gasteiger charge is 2.21. The van der Waals surface area contributed by atoms with E-state index in [0.717, 1.165) is 5.92 Å². The van der Waals surface area contributed by atoms with E-state index >= 15 is 0 Å². The van der Waals surface area contributed by atoms with Gasteiger partial charge in [0.1, 0.15) is 0 Å². The van der Waals surface area contributed by atoms with Gasteiger partial charge >= 0.3 is 0 Å². The molecule has 144 valence electrons. The lowest BCUT2D eigenvalue weighted by Crippen LogP contribution is -2.21. The summed E-state index contributed by atoms with van der Waals surface area (Å²) in [6, 6.07) is 7.13. The molecule has 1 aromatic heterocycles. The molecule has 0 atom stereocenters. The van der Waals surface area contributed by atoms with Gasteiger partial charge in [-0.15, -0.1) is 0 Å². The number of carbonyl (C=O) groups is 1. The molecule has 27 heavy (non-hydrogen) atoms. The van der Waals surface area contributed by atoms with E-state index in [0.29, 0.717) is 11.3 Å². The zero-order chi connectivity index (χ0) is 20.1. The Hall–Kier alpha value is -2.76. The number of nitrogens with zero attached hydrogens (tertiary/aromatic N) is 1. The summed E-state index contributed by atoms with van der Waals surface area (Å²) in [4.78, 5) is 37.7. The number of nitrogens with one attached hydrogen (secondary N) is 1. The number of hydrogen-bond donors (Lipinski definition) is 1. The fraction of sp³-hybridized carbons (Fsp3) is 0.429. The minimum Gasteiger partial charge on any atom is -0.326 e. The summed E-state index contributed by atoms with van der Waals surface area (Å²) < 4.78 is 0. The van der Waals surface area contributed by atoms with Crippen molar-refractivity contribution in [1.29, 1.82) is 0 Å². The molecule has 0 spiro atoms. The average molecular weight is 370 g/mol. The molecule has 6 nitrogen and oxygen atoms in total. The van der Waals surface area contributed by atoms with E-state index in [1.807, 2.05) is 13.8 Å². The first-order chi connectivity index (χ1) is 12.7. The second-order valence-electron chi connectivity index (χ2n) is 7.25. The maximum atomic E-state index is 12.7. The molecule has 0 saturated heterocycles. The highest BCUT2D eigenvalue weighted by atomic mass is 16.6. The van der Waals surface area contributed by atoms with Crippen molar-refractivity contribution in [1.82, 2.24) is 4.98 Å². The summed E-state index contributed by atoms with van der Waals surface area (Å²) in [6.45, 7) is 7.60. The number of aromatic amines is 1.